The monoisotopic (exact) mass is 360 g/mol. The van der Waals surface area contributed by atoms with Crippen LogP contribution in [-0.4, -0.2) is 12.9 Å². The molecule has 0 aliphatic rings. The molecule has 106 valence electrons. The molecule has 3 rings (SSSR count). The molecule has 1 aromatic heterocycles. The van der Waals surface area contributed by atoms with Gasteiger partial charge in [-0.25, -0.2) is 0 Å². The number of hydrogen-bond donors (Lipinski definition) is 0. The molecule has 0 aliphatic heterocycles. The van der Waals surface area contributed by atoms with Crippen LogP contribution in [-0.2, 0) is 6.42 Å². The van der Waals surface area contributed by atoms with E-state index in [1.807, 2.05) is 47.8 Å². The van der Waals surface area contributed by atoms with Gasteiger partial charge in [-0.2, -0.15) is 0 Å². The van der Waals surface area contributed by atoms with Crippen LogP contribution in [0.5, 0.6) is 5.75 Å². The average Bonchev–Trinajstić information content (AvgIpc) is 2.91. The van der Waals surface area contributed by atoms with E-state index in [-0.39, 0.29) is 5.78 Å². The van der Waals surface area contributed by atoms with Gasteiger partial charge in [0.1, 0.15) is 5.75 Å². The molecule has 0 N–H and O–H groups in total. The smallest absolute Gasteiger partial charge is 0.168 e. The average molecular weight is 361 g/mol. The van der Waals surface area contributed by atoms with Gasteiger partial charge in [-0.15, -0.1) is 11.3 Å². The van der Waals surface area contributed by atoms with Crippen molar-refractivity contribution in [3.8, 4) is 5.75 Å². The molecule has 0 bridgehead atoms. The molecule has 4 heteroatoms. The summed E-state index contributed by atoms with van der Waals surface area (Å²) in [6.07, 6.45) is 0.337. The highest BCUT2D eigenvalue weighted by Crippen LogP contribution is 2.29. The molecule has 0 aliphatic carbocycles. The van der Waals surface area contributed by atoms with Gasteiger partial charge in [0.2, 0.25) is 0 Å². The predicted molar refractivity (Wildman–Crippen MR) is 90.6 cm³/mol. The van der Waals surface area contributed by atoms with Gasteiger partial charge in [0.05, 0.1) is 7.11 Å². The molecule has 2 nitrogen and oxygen atoms in total. The quantitative estimate of drug-likeness (QED) is 0.605. The van der Waals surface area contributed by atoms with Gasteiger partial charge in [0, 0.05) is 37.5 Å². The number of carbonyl (C=O) groups excluding carboxylic acids is 1. The SMILES string of the molecule is COc1ccc(Br)cc1CC(=O)c1csc2ccccc12. The molecule has 2 aromatic carbocycles. The lowest BCUT2D eigenvalue weighted by Gasteiger charge is -2.08. The van der Waals surface area contributed by atoms with Crippen molar-refractivity contribution in [2.45, 2.75) is 6.42 Å². The second kappa shape index (κ2) is 6.00. The standard InChI is InChI=1S/C17H13BrO2S/c1-20-16-7-6-12(18)8-11(16)9-15(19)14-10-21-17-5-3-2-4-13(14)17/h2-8,10H,9H2,1H3. The number of ketones is 1. The molecule has 1 heterocycles. The summed E-state index contributed by atoms with van der Waals surface area (Å²) in [5.74, 6) is 0.856. The molecule has 0 saturated heterocycles. The van der Waals surface area contributed by atoms with Crippen LogP contribution in [0.25, 0.3) is 10.1 Å². The first kappa shape index (κ1) is 14.3. The predicted octanol–water partition coefficient (Wildman–Crippen LogP) is 5.10. The molecular weight excluding hydrogens is 348 g/mol. The number of thiophene rings is 1. The molecule has 0 spiro atoms. The maximum atomic E-state index is 12.6. The van der Waals surface area contributed by atoms with E-state index >= 15 is 0 Å². The lowest BCUT2D eigenvalue weighted by Crippen LogP contribution is -2.04. The fourth-order valence-corrected chi connectivity index (χ4v) is 3.72. The van der Waals surface area contributed by atoms with Gasteiger partial charge in [0.25, 0.3) is 0 Å². The summed E-state index contributed by atoms with van der Waals surface area (Å²) in [6, 6.07) is 13.7. The maximum absolute atomic E-state index is 12.6. The van der Waals surface area contributed by atoms with Gasteiger partial charge in [-0.3, -0.25) is 4.79 Å². The van der Waals surface area contributed by atoms with E-state index in [0.29, 0.717) is 6.42 Å². The van der Waals surface area contributed by atoms with Gasteiger partial charge >= 0.3 is 0 Å². The molecule has 21 heavy (non-hydrogen) atoms. The Hall–Kier alpha value is -1.65. The van der Waals surface area contributed by atoms with Crippen molar-refractivity contribution in [2.75, 3.05) is 7.11 Å². The van der Waals surface area contributed by atoms with Crippen LogP contribution in [0.1, 0.15) is 15.9 Å². The third kappa shape index (κ3) is 2.87. The normalized spacial score (nSPS) is 10.8. The summed E-state index contributed by atoms with van der Waals surface area (Å²) in [7, 11) is 1.62. The summed E-state index contributed by atoms with van der Waals surface area (Å²) in [4.78, 5) is 12.6. The minimum atomic E-state index is 0.115. The van der Waals surface area contributed by atoms with Crippen LogP contribution in [0, 0.1) is 0 Å². The van der Waals surface area contributed by atoms with E-state index in [0.717, 1.165) is 31.4 Å². The van der Waals surface area contributed by atoms with Crippen LogP contribution >= 0.6 is 27.3 Å². The summed E-state index contributed by atoms with van der Waals surface area (Å²) < 4.78 is 7.42. The minimum absolute atomic E-state index is 0.115. The van der Waals surface area contributed by atoms with Crippen molar-refractivity contribution < 1.29 is 9.53 Å². The molecule has 0 fully saturated rings. The Kier molecular flexibility index (Phi) is 4.08. The van der Waals surface area contributed by atoms with Crippen LogP contribution in [0.15, 0.2) is 52.3 Å². The van der Waals surface area contributed by atoms with Gasteiger partial charge in [0.15, 0.2) is 5.78 Å². The van der Waals surface area contributed by atoms with Crippen molar-refractivity contribution in [1.82, 2.24) is 0 Å². The largest absolute Gasteiger partial charge is 0.496 e. The van der Waals surface area contributed by atoms with Crippen molar-refractivity contribution in [1.29, 1.82) is 0 Å². The van der Waals surface area contributed by atoms with E-state index in [1.165, 1.54) is 0 Å². The number of benzene rings is 2. The molecule has 0 radical (unpaired) electrons. The first-order valence-corrected chi connectivity index (χ1v) is 8.18. The Labute approximate surface area is 135 Å². The molecule has 0 atom stereocenters. The first-order valence-electron chi connectivity index (χ1n) is 6.51. The fraction of sp³-hybridized carbons (Fsp3) is 0.118. The second-order valence-corrected chi connectivity index (χ2v) is 6.53. The van der Waals surface area contributed by atoms with Crippen molar-refractivity contribution >= 4 is 43.1 Å². The molecular formula is C17H13BrO2S. The van der Waals surface area contributed by atoms with Crippen LogP contribution in [0.3, 0.4) is 0 Å². The van der Waals surface area contributed by atoms with E-state index in [9.17, 15) is 4.79 Å². The molecule has 0 amide bonds. The van der Waals surface area contributed by atoms with Crippen molar-refractivity contribution in [2.24, 2.45) is 0 Å². The zero-order chi connectivity index (χ0) is 14.8. The molecule has 0 saturated carbocycles. The highest BCUT2D eigenvalue weighted by Gasteiger charge is 2.15. The summed E-state index contributed by atoms with van der Waals surface area (Å²) in [5.41, 5.74) is 1.68. The lowest BCUT2D eigenvalue weighted by molar-refractivity contribution is 0.0994. The van der Waals surface area contributed by atoms with Crippen molar-refractivity contribution in [3.63, 3.8) is 0 Å². The number of methoxy groups -OCH3 is 1. The second-order valence-electron chi connectivity index (χ2n) is 4.70. The fourth-order valence-electron chi connectivity index (χ4n) is 2.35. The van der Waals surface area contributed by atoms with Crippen LogP contribution in [0.4, 0.5) is 0 Å². The maximum Gasteiger partial charge on any atom is 0.168 e. The number of rotatable bonds is 4. The van der Waals surface area contributed by atoms with Gasteiger partial charge in [-0.05, 0) is 24.3 Å². The zero-order valence-electron chi connectivity index (χ0n) is 11.4. The number of hydrogen-bond acceptors (Lipinski definition) is 3. The summed E-state index contributed by atoms with van der Waals surface area (Å²) >= 11 is 5.04. The number of fused-ring (bicyclic) bond motifs is 1. The molecule has 0 unspecified atom stereocenters. The Morgan fingerprint density at radius 2 is 2.05 bits per heavy atom. The third-order valence-electron chi connectivity index (χ3n) is 3.37. The Morgan fingerprint density at radius 3 is 2.86 bits per heavy atom. The van der Waals surface area contributed by atoms with Crippen LogP contribution < -0.4 is 4.74 Å². The molecule has 3 aromatic rings. The Morgan fingerprint density at radius 1 is 1.24 bits per heavy atom. The number of carbonyl (C=O) groups is 1. The Balaban J connectivity index is 1.95. The first-order chi connectivity index (χ1) is 10.2. The number of Topliss-reactive ketones (excluding diaryl/α,β-unsaturated/α-hetero) is 1. The topological polar surface area (TPSA) is 26.3 Å². The highest BCUT2D eigenvalue weighted by molar-refractivity contribution is 9.10. The number of halogens is 1. The van der Waals surface area contributed by atoms with E-state index in [2.05, 4.69) is 15.9 Å². The number of ether oxygens (including phenoxy) is 1. The zero-order valence-corrected chi connectivity index (χ0v) is 13.8. The third-order valence-corrected chi connectivity index (χ3v) is 4.83. The summed E-state index contributed by atoms with van der Waals surface area (Å²) in [5, 5.41) is 2.97. The minimum Gasteiger partial charge on any atom is -0.496 e. The van der Waals surface area contributed by atoms with E-state index < -0.39 is 0 Å². The van der Waals surface area contributed by atoms with Gasteiger partial charge < -0.3 is 4.74 Å². The van der Waals surface area contributed by atoms with E-state index in [4.69, 9.17) is 4.74 Å². The van der Waals surface area contributed by atoms with Gasteiger partial charge in [-0.1, -0.05) is 34.1 Å². The van der Waals surface area contributed by atoms with E-state index in [1.54, 1.807) is 18.4 Å². The lowest BCUT2D eigenvalue weighted by atomic mass is 10.0. The van der Waals surface area contributed by atoms with Crippen molar-refractivity contribution in [3.05, 3.63) is 63.4 Å². The van der Waals surface area contributed by atoms with Crippen LogP contribution in [0.2, 0.25) is 0 Å². The highest BCUT2D eigenvalue weighted by atomic mass is 79.9. The summed E-state index contributed by atoms with van der Waals surface area (Å²) in [6.45, 7) is 0. The Bertz CT molecular complexity index is 807.